The Morgan fingerprint density at radius 2 is 1.26 bits per heavy atom. The number of carbonyl (C=O) groups is 4. The molecule has 3 aromatic carbocycles. The zero-order chi connectivity index (χ0) is 25.5. The number of aliphatic carboxylic acids is 1. The quantitative estimate of drug-likeness (QED) is 0.443. The zero-order valence-corrected chi connectivity index (χ0v) is 19.6. The molecule has 0 radical (unpaired) electrons. The van der Waals surface area contributed by atoms with Crippen molar-refractivity contribution in [1.82, 2.24) is 0 Å². The van der Waals surface area contributed by atoms with E-state index in [-0.39, 0.29) is 16.8 Å². The van der Waals surface area contributed by atoms with Crippen LogP contribution in [0.1, 0.15) is 31.8 Å². The molecule has 0 unspecified atom stereocenters. The van der Waals surface area contributed by atoms with Crippen molar-refractivity contribution in [2.24, 2.45) is 0 Å². The van der Waals surface area contributed by atoms with Gasteiger partial charge in [0.1, 0.15) is 0 Å². The molecule has 0 bridgehead atoms. The van der Waals surface area contributed by atoms with Crippen LogP contribution < -0.4 is 5.32 Å². The number of esters is 2. The molecule has 3 aromatic rings. The van der Waals surface area contributed by atoms with Crippen molar-refractivity contribution < 1.29 is 33.8 Å². The highest BCUT2D eigenvalue weighted by molar-refractivity contribution is 6.30. The first kappa shape index (κ1) is 25.5. The first-order valence-corrected chi connectivity index (χ1v) is 10.9. The second kappa shape index (κ2) is 11.3. The van der Waals surface area contributed by atoms with Crippen molar-refractivity contribution in [2.45, 2.75) is 26.1 Å². The van der Waals surface area contributed by atoms with Crippen LogP contribution in [0.3, 0.4) is 0 Å². The summed E-state index contributed by atoms with van der Waals surface area (Å²) >= 11 is 5.86. The van der Waals surface area contributed by atoms with Crippen LogP contribution in [-0.4, -0.2) is 41.1 Å². The minimum Gasteiger partial charge on any atom is -0.478 e. The minimum absolute atomic E-state index is 0.0816. The standard InChI is InChI=1S/C26H22ClNO7/c1-15-5-3-7-17(13-15)25(32)34-21(23(29)28-20-11-9-19(27)10-12-20)22(24(30)31)35-26(33)18-8-4-6-16(2)14-18/h3-14,21-22H,1-2H3,(H,28,29)(H,30,31)/t21-,22-/m1/s1. The number of amides is 1. The van der Waals surface area contributed by atoms with Crippen molar-refractivity contribution in [1.29, 1.82) is 0 Å². The number of halogens is 1. The average molecular weight is 496 g/mol. The Bertz CT molecular complexity index is 1260. The number of carboxylic acid groups (broad SMARTS) is 1. The van der Waals surface area contributed by atoms with E-state index in [1.807, 2.05) is 0 Å². The molecule has 0 aliphatic carbocycles. The number of nitrogens with one attached hydrogen (secondary N) is 1. The van der Waals surface area contributed by atoms with Gasteiger partial charge in [0.2, 0.25) is 12.2 Å². The largest absolute Gasteiger partial charge is 0.478 e. The maximum absolute atomic E-state index is 13.1. The van der Waals surface area contributed by atoms with Crippen LogP contribution in [0.4, 0.5) is 5.69 Å². The van der Waals surface area contributed by atoms with Crippen LogP contribution in [-0.2, 0) is 19.1 Å². The molecular formula is C26H22ClNO7. The number of aryl methyl sites for hydroxylation is 2. The van der Waals surface area contributed by atoms with E-state index < -0.39 is 36.0 Å². The predicted molar refractivity (Wildman–Crippen MR) is 128 cm³/mol. The predicted octanol–water partition coefficient (Wildman–Crippen LogP) is 4.43. The van der Waals surface area contributed by atoms with Gasteiger partial charge >= 0.3 is 17.9 Å². The van der Waals surface area contributed by atoms with E-state index >= 15 is 0 Å². The maximum atomic E-state index is 13.1. The van der Waals surface area contributed by atoms with Crippen LogP contribution >= 0.6 is 11.6 Å². The summed E-state index contributed by atoms with van der Waals surface area (Å²) < 4.78 is 10.5. The Morgan fingerprint density at radius 3 is 1.71 bits per heavy atom. The smallest absolute Gasteiger partial charge is 0.349 e. The monoisotopic (exact) mass is 495 g/mol. The summed E-state index contributed by atoms with van der Waals surface area (Å²) in [5.74, 6) is -4.61. The number of carboxylic acids is 1. The van der Waals surface area contributed by atoms with E-state index in [9.17, 15) is 24.3 Å². The number of rotatable bonds is 8. The molecule has 0 aliphatic heterocycles. The Morgan fingerprint density at radius 1 is 0.771 bits per heavy atom. The van der Waals surface area contributed by atoms with Gasteiger partial charge in [0.25, 0.3) is 5.91 Å². The van der Waals surface area contributed by atoms with Gasteiger partial charge in [-0.15, -0.1) is 0 Å². The number of ether oxygens (including phenoxy) is 2. The van der Waals surface area contributed by atoms with Crippen molar-refractivity contribution in [3.63, 3.8) is 0 Å². The van der Waals surface area contributed by atoms with Crippen LogP contribution in [0.2, 0.25) is 5.02 Å². The molecule has 35 heavy (non-hydrogen) atoms. The maximum Gasteiger partial charge on any atom is 0.349 e. The number of carbonyl (C=O) groups excluding carboxylic acids is 3. The highest BCUT2D eigenvalue weighted by atomic mass is 35.5. The third-order valence-electron chi connectivity index (χ3n) is 4.86. The first-order chi connectivity index (χ1) is 16.6. The van der Waals surface area contributed by atoms with Gasteiger partial charge in [-0.25, -0.2) is 14.4 Å². The van der Waals surface area contributed by atoms with Gasteiger partial charge in [-0.3, -0.25) is 4.79 Å². The summed E-state index contributed by atoms with van der Waals surface area (Å²) in [4.78, 5) is 50.6. The van der Waals surface area contributed by atoms with Crippen molar-refractivity contribution >= 4 is 41.1 Å². The zero-order valence-electron chi connectivity index (χ0n) is 18.9. The van der Waals surface area contributed by atoms with Crippen LogP contribution in [0.5, 0.6) is 0 Å². The summed E-state index contributed by atoms with van der Waals surface area (Å²) in [7, 11) is 0. The third-order valence-corrected chi connectivity index (χ3v) is 5.12. The Kier molecular flexibility index (Phi) is 8.22. The van der Waals surface area contributed by atoms with E-state index in [1.165, 1.54) is 48.5 Å². The van der Waals surface area contributed by atoms with E-state index in [0.717, 1.165) is 11.1 Å². The highest BCUT2D eigenvalue weighted by Gasteiger charge is 2.41. The summed E-state index contributed by atoms with van der Waals surface area (Å²) in [6.07, 6.45) is -4.12. The van der Waals surface area contributed by atoms with Gasteiger partial charge in [-0.2, -0.15) is 0 Å². The van der Waals surface area contributed by atoms with Crippen molar-refractivity contribution in [3.05, 3.63) is 100 Å². The number of hydrogen-bond acceptors (Lipinski definition) is 6. The number of benzene rings is 3. The van der Waals surface area contributed by atoms with Gasteiger partial charge in [0.05, 0.1) is 11.1 Å². The fourth-order valence-electron chi connectivity index (χ4n) is 3.15. The van der Waals surface area contributed by atoms with E-state index in [4.69, 9.17) is 21.1 Å². The molecule has 9 heteroatoms. The number of hydrogen-bond donors (Lipinski definition) is 2. The molecule has 0 heterocycles. The van der Waals surface area contributed by atoms with Crippen molar-refractivity contribution in [2.75, 3.05) is 5.32 Å². The van der Waals surface area contributed by atoms with Crippen molar-refractivity contribution in [3.8, 4) is 0 Å². The lowest BCUT2D eigenvalue weighted by molar-refractivity contribution is -0.157. The lowest BCUT2D eigenvalue weighted by Gasteiger charge is -2.23. The molecule has 0 saturated heterocycles. The molecule has 3 rings (SSSR count). The van der Waals surface area contributed by atoms with Crippen LogP contribution in [0.25, 0.3) is 0 Å². The molecule has 0 aliphatic rings. The van der Waals surface area contributed by atoms with Gasteiger partial charge in [-0.1, -0.05) is 47.0 Å². The number of anilines is 1. The average Bonchev–Trinajstić information content (AvgIpc) is 2.82. The Balaban J connectivity index is 1.91. The summed E-state index contributed by atoms with van der Waals surface area (Å²) in [6.45, 7) is 3.50. The third kappa shape index (κ3) is 6.91. The van der Waals surface area contributed by atoms with Gasteiger partial charge < -0.3 is 19.9 Å². The minimum atomic E-state index is -2.12. The SMILES string of the molecule is Cc1cccc(C(=O)O[C@@H](C(=O)O)[C@@H](OC(=O)c2cccc(C)c2)C(=O)Nc2ccc(Cl)cc2)c1. The molecule has 2 N–H and O–H groups in total. The summed E-state index contributed by atoms with van der Waals surface area (Å²) in [5.41, 5.74) is 1.95. The molecule has 180 valence electrons. The molecule has 0 fully saturated rings. The van der Waals surface area contributed by atoms with E-state index in [0.29, 0.717) is 5.02 Å². The molecule has 0 saturated carbocycles. The van der Waals surface area contributed by atoms with Crippen LogP contribution in [0.15, 0.2) is 72.8 Å². The fraction of sp³-hybridized carbons (Fsp3) is 0.154. The lowest BCUT2D eigenvalue weighted by atomic mass is 10.1. The second-order valence-corrected chi connectivity index (χ2v) is 8.16. The Hall–Kier alpha value is -4.17. The van der Waals surface area contributed by atoms with E-state index in [2.05, 4.69) is 5.32 Å². The highest BCUT2D eigenvalue weighted by Crippen LogP contribution is 2.18. The molecular weight excluding hydrogens is 474 g/mol. The normalized spacial score (nSPS) is 12.2. The molecule has 1 amide bonds. The second-order valence-electron chi connectivity index (χ2n) is 7.73. The molecule has 8 nitrogen and oxygen atoms in total. The topological polar surface area (TPSA) is 119 Å². The summed E-state index contributed by atoms with van der Waals surface area (Å²) in [5, 5.41) is 12.7. The molecule has 0 aromatic heterocycles. The van der Waals surface area contributed by atoms with Crippen LogP contribution in [0, 0.1) is 13.8 Å². The lowest BCUT2D eigenvalue weighted by Crippen LogP contribution is -2.48. The van der Waals surface area contributed by atoms with Gasteiger partial charge in [0.15, 0.2) is 0 Å². The summed E-state index contributed by atoms with van der Waals surface area (Å²) in [6, 6.07) is 18.6. The first-order valence-electron chi connectivity index (χ1n) is 10.5. The van der Waals surface area contributed by atoms with Gasteiger partial charge in [-0.05, 0) is 62.4 Å². The Labute approximate surface area is 206 Å². The van der Waals surface area contributed by atoms with E-state index in [1.54, 1.807) is 38.1 Å². The van der Waals surface area contributed by atoms with Gasteiger partial charge in [0, 0.05) is 10.7 Å². The molecule has 0 spiro atoms. The fourth-order valence-corrected chi connectivity index (χ4v) is 3.28. The molecule has 2 atom stereocenters.